The minimum absolute atomic E-state index is 0.125. The van der Waals surface area contributed by atoms with Crippen LogP contribution in [0.5, 0.6) is 0 Å². The number of benzene rings is 1. The predicted molar refractivity (Wildman–Crippen MR) is 80.3 cm³/mol. The first-order valence-corrected chi connectivity index (χ1v) is 8.76. The van der Waals surface area contributed by atoms with E-state index in [-0.39, 0.29) is 31.9 Å². The Labute approximate surface area is 131 Å². The van der Waals surface area contributed by atoms with Gasteiger partial charge in [-0.3, -0.25) is 4.79 Å². The normalized spacial score (nSPS) is 19.4. The molecule has 1 unspecified atom stereocenters. The lowest BCUT2D eigenvalue weighted by molar-refractivity contribution is 0.0747. The highest BCUT2D eigenvalue weighted by atomic mass is 79.9. The van der Waals surface area contributed by atoms with Crippen molar-refractivity contribution >= 4 is 43.5 Å². The quantitative estimate of drug-likeness (QED) is 0.854. The Hall–Kier alpha value is -0.630. The van der Waals surface area contributed by atoms with E-state index in [1.807, 2.05) is 6.92 Å². The van der Waals surface area contributed by atoms with Crippen molar-refractivity contribution < 1.29 is 13.2 Å². The summed E-state index contributed by atoms with van der Waals surface area (Å²) in [6.07, 6.45) is 1.87. The van der Waals surface area contributed by atoms with E-state index in [0.29, 0.717) is 6.54 Å². The average Bonchev–Trinajstić information content (AvgIpc) is 2.73. The summed E-state index contributed by atoms with van der Waals surface area (Å²) in [4.78, 5) is 14.0. The van der Waals surface area contributed by atoms with Gasteiger partial charge in [0.1, 0.15) is 0 Å². The summed E-state index contributed by atoms with van der Waals surface area (Å²) in [6, 6.07) is 2.74. The van der Waals surface area contributed by atoms with Crippen LogP contribution in [-0.2, 0) is 10.0 Å². The van der Waals surface area contributed by atoms with E-state index in [9.17, 15) is 13.2 Å². The Morgan fingerprint density at radius 2 is 2.15 bits per heavy atom. The van der Waals surface area contributed by atoms with Gasteiger partial charge < -0.3 is 4.90 Å². The Bertz CT molecular complexity index is 663. The molecule has 8 heteroatoms. The van der Waals surface area contributed by atoms with Crippen LogP contribution < -0.4 is 5.14 Å². The Morgan fingerprint density at radius 1 is 1.50 bits per heavy atom. The van der Waals surface area contributed by atoms with Gasteiger partial charge in [-0.2, -0.15) is 0 Å². The number of primary sulfonamides is 1. The highest BCUT2D eigenvalue weighted by Gasteiger charge is 2.28. The van der Waals surface area contributed by atoms with Gasteiger partial charge in [0.05, 0.1) is 15.5 Å². The molecule has 1 aromatic carbocycles. The Balaban J connectivity index is 2.49. The molecule has 1 fully saturated rings. The van der Waals surface area contributed by atoms with Gasteiger partial charge >= 0.3 is 0 Å². The molecule has 0 aromatic heterocycles. The summed E-state index contributed by atoms with van der Waals surface area (Å²) in [5.41, 5.74) is 0.160. The van der Waals surface area contributed by atoms with Crippen molar-refractivity contribution in [3.8, 4) is 0 Å². The van der Waals surface area contributed by atoms with Crippen LogP contribution in [0.25, 0.3) is 0 Å². The van der Waals surface area contributed by atoms with E-state index in [1.165, 1.54) is 12.1 Å². The number of nitrogens with zero attached hydrogens (tertiary/aromatic N) is 1. The lowest BCUT2D eigenvalue weighted by Gasteiger charge is -2.22. The number of likely N-dealkylation sites (tertiary alicyclic amines) is 1. The molecule has 2 N–H and O–H groups in total. The van der Waals surface area contributed by atoms with Gasteiger partial charge in [0.15, 0.2) is 0 Å². The zero-order valence-corrected chi connectivity index (χ0v) is 13.9. The lowest BCUT2D eigenvalue weighted by Crippen LogP contribution is -2.34. The second-order valence-electron chi connectivity index (χ2n) is 4.80. The molecule has 5 nitrogen and oxygen atoms in total. The fourth-order valence-corrected chi connectivity index (χ4v) is 4.31. The standard InChI is InChI=1S/C12H14BrClN2O3S/c1-7-3-2-4-16(7)12(17)8-5-11(20(15,18)19)9(13)6-10(8)14/h5-7H,2-4H2,1H3,(H2,15,18,19). The molecule has 1 atom stereocenters. The maximum absolute atomic E-state index is 12.5. The number of hydrogen-bond donors (Lipinski definition) is 1. The van der Waals surface area contributed by atoms with Crippen molar-refractivity contribution in [3.63, 3.8) is 0 Å². The molecule has 1 aliphatic rings. The molecule has 0 radical (unpaired) electrons. The van der Waals surface area contributed by atoms with E-state index in [4.69, 9.17) is 16.7 Å². The highest BCUT2D eigenvalue weighted by Crippen LogP contribution is 2.30. The number of amides is 1. The average molecular weight is 382 g/mol. The molecule has 1 heterocycles. The second kappa shape index (κ2) is 5.63. The lowest BCUT2D eigenvalue weighted by atomic mass is 10.2. The van der Waals surface area contributed by atoms with Crippen molar-refractivity contribution in [2.75, 3.05) is 6.54 Å². The van der Waals surface area contributed by atoms with Crippen LogP contribution in [0.3, 0.4) is 0 Å². The maximum Gasteiger partial charge on any atom is 0.255 e. The van der Waals surface area contributed by atoms with E-state index in [2.05, 4.69) is 15.9 Å². The molecule has 0 bridgehead atoms. The van der Waals surface area contributed by atoms with Gasteiger partial charge in [-0.15, -0.1) is 0 Å². The highest BCUT2D eigenvalue weighted by molar-refractivity contribution is 9.10. The number of halogens is 2. The molecule has 0 spiro atoms. The van der Waals surface area contributed by atoms with Gasteiger partial charge in [0, 0.05) is 17.1 Å². The fourth-order valence-electron chi connectivity index (χ4n) is 2.30. The fraction of sp³-hybridized carbons (Fsp3) is 0.417. The van der Waals surface area contributed by atoms with E-state index in [1.54, 1.807) is 4.90 Å². The van der Waals surface area contributed by atoms with Crippen LogP contribution in [0.15, 0.2) is 21.5 Å². The molecule has 1 saturated heterocycles. The van der Waals surface area contributed by atoms with E-state index >= 15 is 0 Å². The first-order valence-electron chi connectivity index (χ1n) is 6.04. The minimum Gasteiger partial charge on any atom is -0.336 e. The van der Waals surface area contributed by atoms with Gasteiger partial charge in [0.25, 0.3) is 5.91 Å². The summed E-state index contributed by atoms with van der Waals surface area (Å²) in [7, 11) is -3.92. The van der Waals surface area contributed by atoms with Crippen LogP contribution in [0, 0.1) is 0 Å². The first-order chi connectivity index (χ1) is 9.21. The zero-order valence-electron chi connectivity index (χ0n) is 10.8. The zero-order chi connectivity index (χ0) is 15.1. The smallest absolute Gasteiger partial charge is 0.255 e. The second-order valence-corrected chi connectivity index (χ2v) is 7.59. The third-order valence-corrected chi connectivity index (χ3v) is 5.55. The number of rotatable bonds is 2. The van der Waals surface area contributed by atoms with Crippen LogP contribution in [-0.4, -0.2) is 31.8 Å². The Kier molecular flexibility index (Phi) is 4.44. The van der Waals surface area contributed by atoms with Crippen molar-refractivity contribution in [1.29, 1.82) is 0 Å². The van der Waals surface area contributed by atoms with Crippen molar-refractivity contribution in [3.05, 3.63) is 27.2 Å². The Morgan fingerprint density at radius 3 is 2.65 bits per heavy atom. The predicted octanol–water partition coefficient (Wildman–Crippen LogP) is 2.37. The molecule has 2 rings (SSSR count). The van der Waals surface area contributed by atoms with Crippen LogP contribution in [0.4, 0.5) is 0 Å². The third kappa shape index (κ3) is 3.00. The van der Waals surface area contributed by atoms with Crippen molar-refractivity contribution in [1.82, 2.24) is 4.90 Å². The van der Waals surface area contributed by atoms with Gasteiger partial charge in [-0.1, -0.05) is 11.6 Å². The SMILES string of the molecule is CC1CCCN1C(=O)c1cc(S(N)(=O)=O)c(Br)cc1Cl. The van der Waals surface area contributed by atoms with E-state index < -0.39 is 10.0 Å². The van der Waals surface area contributed by atoms with Gasteiger partial charge in [-0.05, 0) is 47.8 Å². The molecular formula is C12H14BrClN2O3S. The summed E-state index contributed by atoms with van der Waals surface area (Å²) in [5.74, 6) is -0.266. The summed E-state index contributed by atoms with van der Waals surface area (Å²) < 4.78 is 23.3. The van der Waals surface area contributed by atoms with Gasteiger partial charge in [0.2, 0.25) is 10.0 Å². The minimum atomic E-state index is -3.92. The molecular weight excluding hydrogens is 368 g/mol. The molecule has 0 aliphatic carbocycles. The number of hydrogen-bond acceptors (Lipinski definition) is 3. The number of carbonyl (C=O) groups excluding carboxylic acids is 1. The molecule has 20 heavy (non-hydrogen) atoms. The summed E-state index contributed by atoms with van der Waals surface area (Å²) in [6.45, 7) is 2.61. The topological polar surface area (TPSA) is 80.5 Å². The third-order valence-electron chi connectivity index (χ3n) is 3.37. The van der Waals surface area contributed by atoms with Crippen LogP contribution in [0.2, 0.25) is 5.02 Å². The summed E-state index contributed by atoms with van der Waals surface area (Å²) >= 11 is 9.15. The van der Waals surface area contributed by atoms with Crippen molar-refractivity contribution in [2.45, 2.75) is 30.7 Å². The number of nitrogens with two attached hydrogens (primary N) is 1. The van der Waals surface area contributed by atoms with Gasteiger partial charge in [-0.25, -0.2) is 13.6 Å². The molecule has 1 aromatic rings. The number of sulfonamides is 1. The molecule has 0 saturated carbocycles. The largest absolute Gasteiger partial charge is 0.336 e. The number of carbonyl (C=O) groups is 1. The van der Waals surface area contributed by atoms with Crippen LogP contribution >= 0.6 is 27.5 Å². The van der Waals surface area contributed by atoms with Crippen LogP contribution in [0.1, 0.15) is 30.1 Å². The molecule has 1 amide bonds. The monoisotopic (exact) mass is 380 g/mol. The molecule has 1 aliphatic heterocycles. The first kappa shape index (κ1) is 15.8. The van der Waals surface area contributed by atoms with E-state index in [0.717, 1.165) is 12.8 Å². The summed E-state index contributed by atoms with van der Waals surface area (Å²) in [5, 5.41) is 5.33. The van der Waals surface area contributed by atoms with Crippen molar-refractivity contribution in [2.24, 2.45) is 5.14 Å². The molecule has 110 valence electrons. The maximum atomic E-state index is 12.5.